The Labute approximate surface area is 131 Å². The van der Waals surface area contributed by atoms with Crippen LogP contribution in [0.1, 0.15) is 46.5 Å². The van der Waals surface area contributed by atoms with Crippen LogP contribution in [-0.2, 0) is 9.59 Å². The van der Waals surface area contributed by atoms with Gasteiger partial charge in [-0.1, -0.05) is 6.92 Å². The first-order chi connectivity index (χ1) is 9.65. The van der Waals surface area contributed by atoms with E-state index in [9.17, 15) is 9.59 Å². The third kappa shape index (κ3) is 5.18. The van der Waals surface area contributed by atoms with Gasteiger partial charge in [-0.15, -0.1) is 11.8 Å². The minimum absolute atomic E-state index is 0.0604. The molecule has 0 heterocycles. The number of carboxylic acid groups (broad SMARTS) is 1. The van der Waals surface area contributed by atoms with Crippen molar-refractivity contribution in [3.05, 3.63) is 0 Å². The molecule has 122 valence electrons. The summed E-state index contributed by atoms with van der Waals surface area (Å²) in [4.78, 5) is 25.1. The Hall–Kier alpha value is -0.750. The van der Waals surface area contributed by atoms with Gasteiger partial charge in [-0.25, -0.2) is 0 Å². The van der Waals surface area contributed by atoms with E-state index in [0.29, 0.717) is 6.04 Å². The quantitative estimate of drug-likeness (QED) is 0.782. The third-order valence-corrected chi connectivity index (χ3v) is 5.90. The van der Waals surface area contributed by atoms with Gasteiger partial charge in [-0.05, 0) is 45.4 Å². The molecule has 21 heavy (non-hydrogen) atoms. The zero-order chi connectivity index (χ0) is 16.2. The molecular formula is C15H28N2O3S. The standard InChI is InChI=1S/C15H28N2O3S/c1-10-5-7-11(8-6-10)17(4)12(18)9-21-15(2,3)13(16)14(19)20/h10-11,13H,5-9,16H2,1-4H3,(H,19,20)/t10?,11?,13-/m1/s1. The Morgan fingerprint density at radius 2 is 1.86 bits per heavy atom. The van der Waals surface area contributed by atoms with Crippen LogP contribution >= 0.6 is 11.8 Å². The molecule has 1 amide bonds. The number of carbonyl (C=O) groups excluding carboxylic acids is 1. The second-order valence-corrected chi connectivity index (χ2v) is 8.26. The normalized spacial score (nSPS) is 24.4. The summed E-state index contributed by atoms with van der Waals surface area (Å²) < 4.78 is -0.663. The summed E-state index contributed by atoms with van der Waals surface area (Å²) in [6, 6.07) is -0.651. The largest absolute Gasteiger partial charge is 0.480 e. The number of hydrogen-bond donors (Lipinski definition) is 2. The highest BCUT2D eigenvalue weighted by molar-refractivity contribution is 8.01. The Morgan fingerprint density at radius 1 is 1.33 bits per heavy atom. The summed E-state index contributed by atoms with van der Waals surface area (Å²) in [5.41, 5.74) is 5.67. The molecule has 0 saturated heterocycles. The van der Waals surface area contributed by atoms with Crippen LogP contribution in [0, 0.1) is 5.92 Å². The van der Waals surface area contributed by atoms with E-state index < -0.39 is 16.8 Å². The Morgan fingerprint density at radius 3 is 2.33 bits per heavy atom. The molecule has 1 fully saturated rings. The van der Waals surface area contributed by atoms with Crippen LogP contribution in [0.4, 0.5) is 0 Å². The van der Waals surface area contributed by atoms with E-state index >= 15 is 0 Å². The number of thioether (sulfide) groups is 1. The zero-order valence-electron chi connectivity index (χ0n) is 13.5. The Kier molecular flexibility index (Phi) is 6.53. The van der Waals surface area contributed by atoms with Crippen molar-refractivity contribution < 1.29 is 14.7 Å². The van der Waals surface area contributed by atoms with Gasteiger partial charge >= 0.3 is 5.97 Å². The highest BCUT2D eigenvalue weighted by Crippen LogP contribution is 2.30. The van der Waals surface area contributed by atoms with Crippen molar-refractivity contribution >= 4 is 23.6 Å². The van der Waals surface area contributed by atoms with Crippen molar-refractivity contribution in [2.24, 2.45) is 11.7 Å². The smallest absolute Gasteiger partial charge is 0.321 e. The zero-order valence-corrected chi connectivity index (χ0v) is 14.3. The highest BCUT2D eigenvalue weighted by Gasteiger charge is 2.34. The number of carbonyl (C=O) groups is 2. The molecule has 5 nitrogen and oxygen atoms in total. The molecule has 0 aromatic heterocycles. The van der Waals surface area contributed by atoms with Gasteiger partial charge in [0, 0.05) is 17.8 Å². The van der Waals surface area contributed by atoms with Gasteiger partial charge in [0.1, 0.15) is 6.04 Å². The van der Waals surface area contributed by atoms with Gasteiger partial charge in [-0.2, -0.15) is 0 Å². The van der Waals surface area contributed by atoms with Gasteiger partial charge in [0.05, 0.1) is 5.75 Å². The van der Waals surface area contributed by atoms with Gasteiger partial charge in [0.15, 0.2) is 0 Å². The number of nitrogens with two attached hydrogens (primary N) is 1. The molecule has 0 aliphatic heterocycles. The molecule has 1 saturated carbocycles. The van der Waals surface area contributed by atoms with Gasteiger partial charge < -0.3 is 15.7 Å². The first kappa shape index (κ1) is 18.3. The van der Waals surface area contributed by atoms with Crippen LogP contribution in [0.2, 0.25) is 0 Å². The summed E-state index contributed by atoms with van der Waals surface area (Å²) in [6.45, 7) is 5.79. The average molecular weight is 316 g/mol. The maximum Gasteiger partial charge on any atom is 0.321 e. The molecule has 1 aliphatic carbocycles. The number of aliphatic carboxylic acids is 1. The molecule has 3 N–H and O–H groups in total. The SMILES string of the molecule is CC1CCC(N(C)C(=O)CSC(C)(C)[C@H](N)C(=O)O)CC1. The minimum atomic E-state index is -1.03. The molecule has 6 heteroatoms. The lowest BCUT2D eigenvalue weighted by molar-refractivity contribution is -0.139. The van der Waals surface area contributed by atoms with E-state index in [-0.39, 0.29) is 11.7 Å². The second kappa shape index (κ2) is 7.49. The van der Waals surface area contributed by atoms with E-state index in [2.05, 4.69) is 6.92 Å². The van der Waals surface area contributed by atoms with Crippen LogP contribution < -0.4 is 5.73 Å². The molecule has 0 radical (unpaired) electrons. The second-order valence-electron chi connectivity index (χ2n) is 6.63. The maximum absolute atomic E-state index is 12.3. The lowest BCUT2D eigenvalue weighted by atomic mass is 9.87. The van der Waals surface area contributed by atoms with Crippen molar-refractivity contribution in [2.75, 3.05) is 12.8 Å². The fourth-order valence-corrected chi connectivity index (χ4v) is 3.55. The molecule has 1 rings (SSSR count). The number of rotatable bonds is 6. The van der Waals surface area contributed by atoms with Crippen LogP contribution in [0.25, 0.3) is 0 Å². The predicted molar refractivity (Wildman–Crippen MR) is 86.3 cm³/mol. The molecule has 1 aliphatic rings. The predicted octanol–water partition coefficient (Wildman–Crippen LogP) is 1.95. The first-order valence-corrected chi connectivity index (χ1v) is 8.51. The summed E-state index contributed by atoms with van der Waals surface area (Å²) >= 11 is 1.32. The van der Waals surface area contributed by atoms with Crippen LogP contribution in [0.5, 0.6) is 0 Å². The number of hydrogen-bond acceptors (Lipinski definition) is 4. The van der Waals surface area contributed by atoms with Crippen LogP contribution in [-0.4, -0.2) is 51.5 Å². The monoisotopic (exact) mass is 316 g/mol. The summed E-state index contributed by atoms with van der Waals surface area (Å²) in [5, 5.41) is 8.99. The lowest BCUT2D eigenvalue weighted by Crippen LogP contribution is -2.48. The topological polar surface area (TPSA) is 83.6 Å². The lowest BCUT2D eigenvalue weighted by Gasteiger charge is -2.34. The van der Waals surface area contributed by atoms with Crippen molar-refractivity contribution in [3.8, 4) is 0 Å². The van der Waals surface area contributed by atoms with E-state index in [1.165, 1.54) is 24.6 Å². The summed E-state index contributed by atoms with van der Waals surface area (Å²) in [5.74, 6) is 0.0581. The highest BCUT2D eigenvalue weighted by atomic mass is 32.2. The molecule has 0 aromatic carbocycles. The van der Waals surface area contributed by atoms with Gasteiger partial charge in [-0.3, -0.25) is 9.59 Å². The van der Waals surface area contributed by atoms with Crippen molar-refractivity contribution in [1.29, 1.82) is 0 Å². The minimum Gasteiger partial charge on any atom is -0.480 e. The fraction of sp³-hybridized carbons (Fsp3) is 0.867. The van der Waals surface area contributed by atoms with Gasteiger partial charge in [0.25, 0.3) is 0 Å². The summed E-state index contributed by atoms with van der Waals surface area (Å²) in [7, 11) is 1.85. The van der Waals surface area contributed by atoms with Crippen molar-refractivity contribution in [3.63, 3.8) is 0 Å². The van der Waals surface area contributed by atoms with Crippen LogP contribution in [0.15, 0.2) is 0 Å². The molecule has 1 atom stereocenters. The third-order valence-electron chi connectivity index (χ3n) is 4.51. The maximum atomic E-state index is 12.3. The molecule has 0 bridgehead atoms. The number of carboxylic acids is 1. The number of amides is 1. The average Bonchev–Trinajstić information content (AvgIpc) is 2.43. The van der Waals surface area contributed by atoms with Crippen LogP contribution in [0.3, 0.4) is 0 Å². The Bertz CT molecular complexity index is 379. The van der Waals surface area contributed by atoms with E-state index in [1.807, 2.05) is 11.9 Å². The van der Waals surface area contributed by atoms with E-state index in [0.717, 1.165) is 18.8 Å². The number of nitrogens with zero attached hydrogens (tertiary/aromatic N) is 1. The summed E-state index contributed by atoms with van der Waals surface area (Å²) in [6.07, 6.45) is 4.47. The van der Waals surface area contributed by atoms with Crippen molar-refractivity contribution in [1.82, 2.24) is 4.90 Å². The molecule has 0 unspecified atom stereocenters. The van der Waals surface area contributed by atoms with Gasteiger partial charge in [0.2, 0.25) is 5.91 Å². The first-order valence-electron chi connectivity index (χ1n) is 7.53. The fourth-order valence-electron chi connectivity index (χ4n) is 2.57. The molecular weight excluding hydrogens is 288 g/mol. The van der Waals surface area contributed by atoms with Crippen molar-refractivity contribution in [2.45, 2.75) is 63.3 Å². The molecule has 0 aromatic rings. The molecule has 0 spiro atoms. The Balaban J connectivity index is 2.47. The van der Waals surface area contributed by atoms with E-state index in [4.69, 9.17) is 10.8 Å². The van der Waals surface area contributed by atoms with E-state index in [1.54, 1.807) is 13.8 Å².